The summed E-state index contributed by atoms with van der Waals surface area (Å²) in [5.74, 6) is 0.361. The monoisotopic (exact) mass is 327 g/mol. The highest BCUT2D eigenvalue weighted by molar-refractivity contribution is 5.91. The fourth-order valence-electron chi connectivity index (χ4n) is 2.02. The summed E-state index contributed by atoms with van der Waals surface area (Å²) in [7, 11) is 1.82. The van der Waals surface area contributed by atoms with E-state index in [-0.39, 0.29) is 11.9 Å². The number of ether oxygens (including phenoxy) is 2. The maximum atomic E-state index is 12.1. The molecule has 2 aromatic carbocycles. The number of nitrogens with one attached hydrogen (secondary N) is 1. The Bertz CT molecular complexity index is 690. The van der Waals surface area contributed by atoms with Crippen LogP contribution in [0.2, 0.25) is 0 Å². The average Bonchev–Trinajstić information content (AvgIpc) is 2.55. The second-order valence-electron chi connectivity index (χ2n) is 5.76. The van der Waals surface area contributed by atoms with Crippen LogP contribution in [0, 0.1) is 5.92 Å². The molecule has 5 heteroatoms. The predicted octanol–water partition coefficient (Wildman–Crippen LogP) is 3.90. The largest absolute Gasteiger partial charge is 0.427 e. The molecule has 0 bridgehead atoms. The summed E-state index contributed by atoms with van der Waals surface area (Å²) >= 11 is 0. The predicted molar refractivity (Wildman–Crippen MR) is 92.5 cm³/mol. The SMILES string of the molecule is CNc1ccc(OC(=O)c2ccc(OC(=O)CC(C)C)cc2)cc1. The lowest BCUT2D eigenvalue weighted by atomic mass is 10.1. The Kier molecular flexibility index (Phi) is 5.95. The Balaban J connectivity index is 1.96. The van der Waals surface area contributed by atoms with E-state index in [1.165, 1.54) is 0 Å². The van der Waals surface area contributed by atoms with Crippen molar-refractivity contribution >= 4 is 17.6 Å². The molecule has 0 fully saturated rings. The van der Waals surface area contributed by atoms with Crippen LogP contribution in [0.5, 0.6) is 11.5 Å². The Morgan fingerprint density at radius 3 is 2.00 bits per heavy atom. The lowest BCUT2D eigenvalue weighted by molar-refractivity contribution is -0.135. The molecule has 0 saturated carbocycles. The molecule has 0 radical (unpaired) electrons. The van der Waals surface area contributed by atoms with Crippen molar-refractivity contribution < 1.29 is 19.1 Å². The molecule has 24 heavy (non-hydrogen) atoms. The zero-order chi connectivity index (χ0) is 17.5. The number of hydrogen-bond acceptors (Lipinski definition) is 5. The highest BCUT2D eigenvalue weighted by atomic mass is 16.5. The van der Waals surface area contributed by atoms with Crippen molar-refractivity contribution in [1.82, 2.24) is 0 Å². The number of esters is 2. The first-order valence-electron chi connectivity index (χ1n) is 7.78. The topological polar surface area (TPSA) is 64.6 Å². The van der Waals surface area contributed by atoms with Gasteiger partial charge in [-0.2, -0.15) is 0 Å². The van der Waals surface area contributed by atoms with Crippen LogP contribution in [0.25, 0.3) is 0 Å². The van der Waals surface area contributed by atoms with Crippen molar-refractivity contribution in [3.63, 3.8) is 0 Å². The number of carbonyl (C=O) groups is 2. The first kappa shape index (κ1) is 17.5. The van der Waals surface area contributed by atoms with Crippen molar-refractivity contribution in [2.45, 2.75) is 20.3 Å². The number of hydrogen-bond donors (Lipinski definition) is 1. The van der Waals surface area contributed by atoms with E-state index in [1.54, 1.807) is 36.4 Å². The van der Waals surface area contributed by atoms with Gasteiger partial charge in [0.25, 0.3) is 0 Å². The van der Waals surface area contributed by atoms with Crippen LogP contribution in [-0.4, -0.2) is 19.0 Å². The van der Waals surface area contributed by atoms with Crippen LogP contribution in [0.15, 0.2) is 48.5 Å². The number of anilines is 1. The van der Waals surface area contributed by atoms with Crippen molar-refractivity contribution in [3.05, 3.63) is 54.1 Å². The van der Waals surface area contributed by atoms with Crippen LogP contribution in [0.3, 0.4) is 0 Å². The van der Waals surface area contributed by atoms with Crippen LogP contribution < -0.4 is 14.8 Å². The molecule has 2 rings (SSSR count). The minimum Gasteiger partial charge on any atom is -0.427 e. The maximum absolute atomic E-state index is 12.1. The van der Waals surface area contributed by atoms with Gasteiger partial charge < -0.3 is 14.8 Å². The molecular weight excluding hydrogens is 306 g/mol. The Morgan fingerprint density at radius 1 is 0.917 bits per heavy atom. The summed E-state index contributed by atoms with van der Waals surface area (Å²) in [4.78, 5) is 23.7. The summed E-state index contributed by atoms with van der Waals surface area (Å²) in [6.07, 6.45) is 0.354. The first-order valence-corrected chi connectivity index (χ1v) is 7.78. The lowest BCUT2D eigenvalue weighted by Crippen LogP contribution is -2.11. The molecule has 1 N–H and O–H groups in total. The van der Waals surface area contributed by atoms with E-state index in [2.05, 4.69) is 5.32 Å². The van der Waals surface area contributed by atoms with Gasteiger partial charge in [-0.1, -0.05) is 13.8 Å². The van der Waals surface area contributed by atoms with Crippen LogP contribution >= 0.6 is 0 Å². The van der Waals surface area contributed by atoms with E-state index in [9.17, 15) is 9.59 Å². The smallest absolute Gasteiger partial charge is 0.343 e. The van der Waals surface area contributed by atoms with Crippen LogP contribution in [0.1, 0.15) is 30.6 Å². The zero-order valence-electron chi connectivity index (χ0n) is 14.0. The quantitative estimate of drug-likeness (QED) is 0.644. The van der Waals surface area contributed by atoms with Gasteiger partial charge in [-0.3, -0.25) is 4.79 Å². The number of rotatable bonds is 6. The molecule has 0 spiro atoms. The molecule has 0 heterocycles. The third kappa shape index (κ3) is 5.12. The molecule has 0 saturated heterocycles. The lowest BCUT2D eigenvalue weighted by Gasteiger charge is -2.08. The molecule has 0 aliphatic heterocycles. The summed E-state index contributed by atoms with van der Waals surface area (Å²) in [6.45, 7) is 3.90. The summed E-state index contributed by atoms with van der Waals surface area (Å²) < 4.78 is 10.5. The van der Waals surface area contributed by atoms with Gasteiger partial charge in [0, 0.05) is 19.2 Å². The Labute approximate surface area is 141 Å². The molecular formula is C19H21NO4. The van der Waals surface area contributed by atoms with Gasteiger partial charge >= 0.3 is 11.9 Å². The molecule has 0 atom stereocenters. The Morgan fingerprint density at radius 2 is 1.46 bits per heavy atom. The Hall–Kier alpha value is -2.82. The minimum atomic E-state index is -0.465. The van der Waals surface area contributed by atoms with E-state index in [4.69, 9.17) is 9.47 Å². The third-order valence-electron chi connectivity index (χ3n) is 3.25. The summed E-state index contributed by atoms with van der Waals surface area (Å²) in [5.41, 5.74) is 1.32. The van der Waals surface area contributed by atoms with Gasteiger partial charge in [-0.05, 0) is 54.4 Å². The second-order valence-corrected chi connectivity index (χ2v) is 5.76. The van der Waals surface area contributed by atoms with Crippen LogP contribution in [0.4, 0.5) is 5.69 Å². The number of benzene rings is 2. The van der Waals surface area contributed by atoms with E-state index in [0.717, 1.165) is 5.69 Å². The summed E-state index contributed by atoms with van der Waals surface area (Å²) in [5, 5.41) is 2.99. The highest BCUT2D eigenvalue weighted by Crippen LogP contribution is 2.18. The van der Waals surface area contributed by atoms with E-state index in [1.807, 2.05) is 33.0 Å². The van der Waals surface area contributed by atoms with Crippen molar-refractivity contribution in [3.8, 4) is 11.5 Å². The van der Waals surface area contributed by atoms with E-state index in [0.29, 0.717) is 23.5 Å². The van der Waals surface area contributed by atoms with Crippen molar-refractivity contribution in [2.75, 3.05) is 12.4 Å². The second kappa shape index (κ2) is 8.15. The molecule has 5 nitrogen and oxygen atoms in total. The zero-order valence-corrected chi connectivity index (χ0v) is 14.0. The minimum absolute atomic E-state index is 0.237. The standard InChI is InChI=1S/C19H21NO4/c1-13(2)12-18(21)23-16-8-4-14(5-9-16)19(22)24-17-10-6-15(20-3)7-11-17/h4-11,13,20H,12H2,1-3H3. The highest BCUT2D eigenvalue weighted by Gasteiger charge is 2.11. The van der Waals surface area contributed by atoms with Crippen molar-refractivity contribution in [1.29, 1.82) is 0 Å². The fraction of sp³-hybridized carbons (Fsp3) is 0.263. The molecule has 0 amide bonds. The molecule has 0 unspecified atom stereocenters. The molecule has 0 aromatic heterocycles. The van der Waals surface area contributed by atoms with Gasteiger partial charge in [0.15, 0.2) is 0 Å². The van der Waals surface area contributed by atoms with Gasteiger partial charge in [-0.15, -0.1) is 0 Å². The molecule has 0 aliphatic carbocycles. The normalized spacial score (nSPS) is 10.3. The first-order chi connectivity index (χ1) is 11.5. The number of carbonyl (C=O) groups excluding carboxylic acids is 2. The fourth-order valence-corrected chi connectivity index (χ4v) is 2.02. The van der Waals surface area contributed by atoms with Gasteiger partial charge in [0.05, 0.1) is 5.56 Å². The molecule has 2 aromatic rings. The van der Waals surface area contributed by atoms with Crippen LogP contribution in [-0.2, 0) is 4.79 Å². The average molecular weight is 327 g/mol. The van der Waals surface area contributed by atoms with Gasteiger partial charge in [-0.25, -0.2) is 4.79 Å². The molecule has 126 valence electrons. The third-order valence-corrected chi connectivity index (χ3v) is 3.25. The van der Waals surface area contributed by atoms with E-state index < -0.39 is 5.97 Å². The van der Waals surface area contributed by atoms with Gasteiger partial charge in [0.1, 0.15) is 11.5 Å². The maximum Gasteiger partial charge on any atom is 0.343 e. The molecule has 0 aliphatic rings. The van der Waals surface area contributed by atoms with E-state index >= 15 is 0 Å². The van der Waals surface area contributed by atoms with Gasteiger partial charge in [0.2, 0.25) is 0 Å². The summed E-state index contributed by atoms with van der Waals surface area (Å²) in [6, 6.07) is 13.4. The van der Waals surface area contributed by atoms with Crippen molar-refractivity contribution in [2.24, 2.45) is 5.92 Å².